The molecule has 0 spiro atoms. The molecule has 0 heterocycles. The molecule has 2 amide bonds. The van der Waals surface area contributed by atoms with Crippen LogP contribution in [0.4, 0.5) is 0 Å². The van der Waals surface area contributed by atoms with E-state index in [1.807, 2.05) is 13.8 Å². The average molecular weight is 265 g/mol. The lowest BCUT2D eigenvalue weighted by molar-refractivity contribution is -0.122. The second kappa shape index (κ2) is 7.79. The maximum Gasteiger partial charge on any atom is 0.230 e. The van der Waals surface area contributed by atoms with Crippen molar-refractivity contribution in [3.63, 3.8) is 0 Å². The molecule has 0 aromatic heterocycles. The average Bonchev–Trinajstić information content (AvgIpc) is 2.10. The number of amides is 2. The highest BCUT2D eigenvalue weighted by atomic mass is 79.9. The number of rotatable bonds is 6. The Hall–Kier alpha value is -0.580. The Kier molecular flexibility index (Phi) is 7.47. The van der Waals surface area contributed by atoms with Crippen LogP contribution in [0.25, 0.3) is 0 Å². The molecule has 0 saturated carbocycles. The molecule has 0 saturated heterocycles. The number of carbonyl (C=O) groups is 2. The van der Waals surface area contributed by atoms with Gasteiger partial charge in [-0.2, -0.15) is 0 Å². The van der Waals surface area contributed by atoms with Crippen LogP contribution in [0.5, 0.6) is 0 Å². The summed E-state index contributed by atoms with van der Waals surface area (Å²) >= 11 is 3.04. The van der Waals surface area contributed by atoms with Gasteiger partial charge in [0.15, 0.2) is 0 Å². The summed E-state index contributed by atoms with van der Waals surface area (Å²) in [4.78, 5) is 21.9. The van der Waals surface area contributed by atoms with Crippen molar-refractivity contribution in [1.82, 2.24) is 10.6 Å². The van der Waals surface area contributed by atoms with Crippen LogP contribution in [0.3, 0.4) is 0 Å². The van der Waals surface area contributed by atoms with Gasteiger partial charge in [-0.1, -0.05) is 15.9 Å². The van der Waals surface area contributed by atoms with E-state index in [1.54, 1.807) is 0 Å². The highest BCUT2D eigenvalue weighted by Crippen LogP contribution is 1.89. The molecular formula is C9H17BrN2O2. The molecule has 0 radical (unpaired) electrons. The van der Waals surface area contributed by atoms with Gasteiger partial charge in [-0.05, 0) is 20.3 Å². The van der Waals surface area contributed by atoms with Crippen LogP contribution in [0.2, 0.25) is 0 Å². The van der Waals surface area contributed by atoms with Gasteiger partial charge in [-0.25, -0.2) is 0 Å². The van der Waals surface area contributed by atoms with Gasteiger partial charge in [-0.15, -0.1) is 0 Å². The summed E-state index contributed by atoms with van der Waals surface area (Å²) in [6.07, 6.45) is 1.14. The minimum absolute atomic E-state index is 0.0353. The Balaban J connectivity index is 3.36. The minimum Gasteiger partial charge on any atom is -0.355 e. The van der Waals surface area contributed by atoms with E-state index in [0.29, 0.717) is 24.7 Å². The molecule has 0 aliphatic carbocycles. The predicted octanol–water partition coefficient (Wildman–Crippen LogP) is 0.802. The summed E-state index contributed by atoms with van der Waals surface area (Å²) in [6, 6.07) is 0.180. The first-order valence-electron chi connectivity index (χ1n) is 4.68. The number of hydrogen-bond acceptors (Lipinski definition) is 2. The number of carbonyl (C=O) groups excluding carboxylic acids is 2. The highest BCUT2D eigenvalue weighted by Gasteiger charge is 2.03. The SMILES string of the molecule is CC(C)NC(=O)CCCNC(=O)CBr. The first-order chi connectivity index (χ1) is 6.56. The maximum atomic E-state index is 11.1. The van der Waals surface area contributed by atoms with E-state index in [-0.39, 0.29) is 17.9 Å². The lowest BCUT2D eigenvalue weighted by Gasteiger charge is -2.08. The molecule has 0 fully saturated rings. The second-order valence-electron chi connectivity index (χ2n) is 3.31. The normalized spacial score (nSPS) is 10.0. The predicted molar refractivity (Wildman–Crippen MR) is 59.3 cm³/mol. The molecule has 4 nitrogen and oxygen atoms in total. The standard InChI is InChI=1S/C9H17BrN2O2/c1-7(2)12-8(13)4-3-5-11-9(14)6-10/h7H,3-6H2,1-2H3,(H,11,14)(H,12,13). The molecule has 0 aromatic rings. The quantitative estimate of drug-likeness (QED) is 0.551. The van der Waals surface area contributed by atoms with E-state index >= 15 is 0 Å². The summed E-state index contributed by atoms with van der Waals surface area (Å²) < 4.78 is 0. The summed E-state index contributed by atoms with van der Waals surface area (Å²) in [5, 5.41) is 5.77. The summed E-state index contributed by atoms with van der Waals surface area (Å²) in [5.41, 5.74) is 0. The molecule has 14 heavy (non-hydrogen) atoms. The third kappa shape index (κ3) is 8.04. The highest BCUT2D eigenvalue weighted by molar-refractivity contribution is 9.09. The molecule has 0 unspecified atom stereocenters. The van der Waals surface area contributed by atoms with Crippen LogP contribution < -0.4 is 10.6 Å². The van der Waals surface area contributed by atoms with Crippen molar-refractivity contribution in [2.45, 2.75) is 32.7 Å². The topological polar surface area (TPSA) is 58.2 Å². The lowest BCUT2D eigenvalue weighted by Crippen LogP contribution is -2.31. The first-order valence-corrected chi connectivity index (χ1v) is 5.80. The summed E-state index contributed by atoms with van der Waals surface area (Å²) in [6.45, 7) is 4.39. The van der Waals surface area contributed by atoms with Crippen LogP contribution in [0.1, 0.15) is 26.7 Å². The van der Waals surface area contributed by atoms with E-state index in [0.717, 1.165) is 0 Å². The second-order valence-corrected chi connectivity index (χ2v) is 3.87. The zero-order valence-corrected chi connectivity index (χ0v) is 10.2. The van der Waals surface area contributed by atoms with Gasteiger partial charge in [0.1, 0.15) is 0 Å². The van der Waals surface area contributed by atoms with Gasteiger partial charge >= 0.3 is 0 Å². The summed E-state index contributed by atoms with van der Waals surface area (Å²) in [5.74, 6) is -0.0117. The molecule has 0 bridgehead atoms. The van der Waals surface area contributed by atoms with Crippen molar-refractivity contribution in [2.24, 2.45) is 0 Å². The van der Waals surface area contributed by atoms with Crippen molar-refractivity contribution >= 4 is 27.7 Å². The van der Waals surface area contributed by atoms with Gasteiger partial charge in [0.05, 0.1) is 5.33 Å². The minimum atomic E-state index is -0.0470. The summed E-state index contributed by atoms with van der Waals surface area (Å²) in [7, 11) is 0. The number of hydrogen-bond donors (Lipinski definition) is 2. The third-order valence-electron chi connectivity index (χ3n) is 1.47. The van der Waals surface area contributed by atoms with Gasteiger partial charge < -0.3 is 10.6 Å². The van der Waals surface area contributed by atoms with E-state index in [1.165, 1.54) is 0 Å². The molecule has 82 valence electrons. The Bertz CT molecular complexity index is 195. The molecule has 0 aromatic carbocycles. The van der Waals surface area contributed by atoms with Gasteiger partial charge in [-0.3, -0.25) is 9.59 Å². The largest absolute Gasteiger partial charge is 0.355 e. The molecular weight excluding hydrogens is 248 g/mol. The van der Waals surface area contributed by atoms with E-state index in [9.17, 15) is 9.59 Å². The van der Waals surface area contributed by atoms with Crippen molar-refractivity contribution in [1.29, 1.82) is 0 Å². The molecule has 0 atom stereocenters. The third-order valence-corrected chi connectivity index (χ3v) is 1.98. The Morgan fingerprint density at radius 1 is 1.29 bits per heavy atom. The van der Waals surface area contributed by atoms with Gasteiger partial charge in [0.2, 0.25) is 11.8 Å². The number of nitrogens with one attached hydrogen (secondary N) is 2. The fourth-order valence-corrected chi connectivity index (χ4v) is 1.12. The molecule has 0 rings (SSSR count). The lowest BCUT2D eigenvalue weighted by atomic mass is 10.2. The molecule has 2 N–H and O–H groups in total. The zero-order chi connectivity index (χ0) is 11.0. The molecule has 5 heteroatoms. The van der Waals surface area contributed by atoms with Crippen LogP contribution in [0.15, 0.2) is 0 Å². The van der Waals surface area contributed by atoms with Crippen LogP contribution in [-0.2, 0) is 9.59 Å². The van der Waals surface area contributed by atoms with Crippen molar-refractivity contribution in [3.8, 4) is 0 Å². The fourth-order valence-electron chi connectivity index (χ4n) is 0.918. The number of halogens is 1. The molecule has 0 aliphatic heterocycles. The van der Waals surface area contributed by atoms with E-state index in [4.69, 9.17) is 0 Å². The smallest absolute Gasteiger partial charge is 0.230 e. The van der Waals surface area contributed by atoms with Crippen LogP contribution in [-0.4, -0.2) is 29.7 Å². The van der Waals surface area contributed by atoms with Crippen molar-refractivity contribution in [2.75, 3.05) is 11.9 Å². The molecule has 0 aliphatic rings. The first kappa shape index (κ1) is 13.4. The number of alkyl halides is 1. The van der Waals surface area contributed by atoms with Gasteiger partial charge in [0.25, 0.3) is 0 Å². The zero-order valence-electron chi connectivity index (χ0n) is 8.60. The van der Waals surface area contributed by atoms with E-state index in [2.05, 4.69) is 26.6 Å². The van der Waals surface area contributed by atoms with E-state index < -0.39 is 0 Å². The maximum absolute atomic E-state index is 11.1. The van der Waals surface area contributed by atoms with Crippen LogP contribution in [0, 0.1) is 0 Å². The Morgan fingerprint density at radius 3 is 2.43 bits per heavy atom. The van der Waals surface area contributed by atoms with Crippen LogP contribution >= 0.6 is 15.9 Å². The Labute approximate surface area is 92.9 Å². The fraction of sp³-hybridized carbons (Fsp3) is 0.778. The van der Waals surface area contributed by atoms with Crippen molar-refractivity contribution in [3.05, 3.63) is 0 Å². The van der Waals surface area contributed by atoms with Gasteiger partial charge in [0, 0.05) is 19.0 Å². The van der Waals surface area contributed by atoms with Crippen molar-refractivity contribution < 1.29 is 9.59 Å². The monoisotopic (exact) mass is 264 g/mol. The Morgan fingerprint density at radius 2 is 1.93 bits per heavy atom.